The van der Waals surface area contributed by atoms with Crippen LogP contribution in [0, 0.1) is 10.1 Å². The first kappa shape index (κ1) is 15.9. The molecule has 0 radical (unpaired) electrons. The highest BCUT2D eigenvalue weighted by Crippen LogP contribution is 2.37. The van der Waals surface area contributed by atoms with Crippen LogP contribution in [0.5, 0.6) is 11.5 Å². The van der Waals surface area contributed by atoms with E-state index in [9.17, 15) is 10.1 Å². The van der Waals surface area contributed by atoms with E-state index < -0.39 is 0 Å². The number of nitro benzene ring substituents is 1. The summed E-state index contributed by atoms with van der Waals surface area (Å²) in [6, 6.07) is 8.89. The summed E-state index contributed by atoms with van der Waals surface area (Å²) in [5.41, 5.74) is 3.54. The molecule has 7 nitrogen and oxygen atoms in total. The van der Waals surface area contributed by atoms with Crippen LogP contribution >= 0.6 is 0 Å². The molecule has 0 spiro atoms. The van der Waals surface area contributed by atoms with E-state index in [4.69, 9.17) is 9.47 Å². The van der Waals surface area contributed by atoms with Gasteiger partial charge in [-0.2, -0.15) is 0 Å². The average Bonchev–Trinajstić information content (AvgIpc) is 3.07. The molecule has 0 aromatic heterocycles. The Bertz CT molecular complexity index is 777. The van der Waals surface area contributed by atoms with Gasteiger partial charge < -0.3 is 20.1 Å². The first-order valence-corrected chi connectivity index (χ1v) is 7.63. The van der Waals surface area contributed by atoms with Crippen molar-refractivity contribution in [2.24, 2.45) is 0 Å². The van der Waals surface area contributed by atoms with Crippen LogP contribution in [-0.4, -0.2) is 25.7 Å². The lowest BCUT2D eigenvalue weighted by Crippen LogP contribution is -2.05. The quantitative estimate of drug-likeness (QED) is 0.625. The van der Waals surface area contributed by atoms with Gasteiger partial charge in [0.1, 0.15) is 5.69 Å². The highest BCUT2D eigenvalue weighted by atomic mass is 16.6. The summed E-state index contributed by atoms with van der Waals surface area (Å²) in [4.78, 5) is 11.0. The molecule has 1 aliphatic heterocycles. The van der Waals surface area contributed by atoms with Gasteiger partial charge in [-0.3, -0.25) is 10.1 Å². The van der Waals surface area contributed by atoms with Crippen LogP contribution in [-0.2, 0) is 13.0 Å². The minimum absolute atomic E-state index is 0.0953. The Morgan fingerprint density at radius 3 is 2.71 bits per heavy atom. The van der Waals surface area contributed by atoms with Crippen molar-refractivity contribution in [3.8, 4) is 11.5 Å². The summed E-state index contributed by atoms with van der Waals surface area (Å²) in [5, 5.41) is 17.8. The monoisotopic (exact) mass is 329 g/mol. The number of anilines is 2. The molecular formula is C17H19N3O4. The van der Waals surface area contributed by atoms with Crippen LogP contribution in [0.1, 0.15) is 11.1 Å². The second-order valence-electron chi connectivity index (χ2n) is 5.46. The SMILES string of the molecule is COc1ccc(CNc2c([N+](=O)[O-])ccc3c2CCN3)cc1OC. The van der Waals surface area contributed by atoms with E-state index in [0.29, 0.717) is 23.7 Å². The van der Waals surface area contributed by atoms with Gasteiger partial charge >= 0.3 is 0 Å². The van der Waals surface area contributed by atoms with Crippen LogP contribution < -0.4 is 20.1 Å². The molecule has 0 amide bonds. The maximum absolute atomic E-state index is 11.3. The van der Waals surface area contributed by atoms with Crippen LogP contribution in [0.3, 0.4) is 0 Å². The zero-order valence-corrected chi connectivity index (χ0v) is 13.6. The van der Waals surface area contributed by atoms with Crippen molar-refractivity contribution in [3.05, 3.63) is 51.6 Å². The van der Waals surface area contributed by atoms with Crippen molar-refractivity contribution >= 4 is 17.1 Å². The Morgan fingerprint density at radius 1 is 1.21 bits per heavy atom. The fraction of sp³-hybridized carbons (Fsp3) is 0.294. The van der Waals surface area contributed by atoms with Gasteiger partial charge in [0.05, 0.1) is 19.1 Å². The summed E-state index contributed by atoms with van der Waals surface area (Å²) in [5.74, 6) is 1.28. The number of hydrogen-bond acceptors (Lipinski definition) is 6. The minimum Gasteiger partial charge on any atom is -0.493 e. The Hall–Kier alpha value is -2.96. The van der Waals surface area contributed by atoms with Crippen LogP contribution in [0.15, 0.2) is 30.3 Å². The third-order valence-corrected chi connectivity index (χ3v) is 4.10. The molecule has 0 unspecified atom stereocenters. The van der Waals surface area contributed by atoms with Crippen LogP contribution in [0.4, 0.5) is 17.1 Å². The Labute approximate surface area is 139 Å². The normalized spacial score (nSPS) is 12.2. The number of rotatable bonds is 6. The number of benzene rings is 2. The first-order chi connectivity index (χ1) is 11.6. The molecule has 0 atom stereocenters. The van der Waals surface area contributed by atoms with Crippen molar-refractivity contribution < 1.29 is 14.4 Å². The Balaban J connectivity index is 1.87. The van der Waals surface area contributed by atoms with Gasteiger partial charge in [0.2, 0.25) is 0 Å². The van der Waals surface area contributed by atoms with Gasteiger partial charge in [-0.15, -0.1) is 0 Å². The third-order valence-electron chi connectivity index (χ3n) is 4.10. The van der Waals surface area contributed by atoms with Crippen molar-refractivity contribution in [1.82, 2.24) is 0 Å². The molecule has 3 rings (SSSR count). The van der Waals surface area contributed by atoms with Crippen molar-refractivity contribution in [1.29, 1.82) is 0 Å². The van der Waals surface area contributed by atoms with Crippen molar-refractivity contribution in [3.63, 3.8) is 0 Å². The lowest BCUT2D eigenvalue weighted by Gasteiger charge is -2.13. The molecule has 0 bridgehead atoms. The fourth-order valence-corrected chi connectivity index (χ4v) is 2.91. The molecule has 0 saturated carbocycles. The molecular weight excluding hydrogens is 310 g/mol. The second-order valence-corrected chi connectivity index (χ2v) is 5.46. The molecule has 2 N–H and O–H groups in total. The summed E-state index contributed by atoms with van der Waals surface area (Å²) in [6.07, 6.45) is 0.769. The molecule has 1 heterocycles. The van der Waals surface area contributed by atoms with Crippen LogP contribution in [0.25, 0.3) is 0 Å². The van der Waals surface area contributed by atoms with Gasteiger partial charge in [-0.1, -0.05) is 6.07 Å². The number of nitrogens with zero attached hydrogens (tertiary/aromatic N) is 1. The summed E-state index contributed by atoms with van der Waals surface area (Å²) < 4.78 is 10.5. The lowest BCUT2D eigenvalue weighted by atomic mass is 10.1. The summed E-state index contributed by atoms with van der Waals surface area (Å²) in [7, 11) is 3.16. The smallest absolute Gasteiger partial charge is 0.292 e. The van der Waals surface area contributed by atoms with E-state index in [1.165, 1.54) is 6.07 Å². The molecule has 1 aliphatic rings. The van der Waals surface area contributed by atoms with Gasteiger partial charge in [-0.05, 0) is 30.2 Å². The molecule has 24 heavy (non-hydrogen) atoms. The third kappa shape index (κ3) is 2.92. The molecule has 7 heteroatoms. The predicted octanol–water partition coefficient (Wildman–Crippen LogP) is 3.19. The number of fused-ring (bicyclic) bond motifs is 1. The average molecular weight is 329 g/mol. The first-order valence-electron chi connectivity index (χ1n) is 7.63. The van der Waals surface area contributed by atoms with E-state index >= 15 is 0 Å². The Morgan fingerprint density at radius 2 is 2.00 bits per heavy atom. The van der Waals surface area contributed by atoms with E-state index in [-0.39, 0.29) is 10.6 Å². The topological polar surface area (TPSA) is 85.7 Å². The van der Waals surface area contributed by atoms with E-state index in [1.807, 2.05) is 18.2 Å². The van der Waals surface area contributed by atoms with Gasteiger partial charge in [0.15, 0.2) is 11.5 Å². The molecule has 0 aliphatic carbocycles. The highest BCUT2D eigenvalue weighted by Gasteiger charge is 2.23. The number of nitrogens with one attached hydrogen (secondary N) is 2. The van der Waals surface area contributed by atoms with Gasteiger partial charge in [0.25, 0.3) is 5.69 Å². The van der Waals surface area contributed by atoms with Gasteiger partial charge in [-0.25, -0.2) is 0 Å². The zero-order valence-electron chi connectivity index (χ0n) is 13.6. The van der Waals surface area contributed by atoms with E-state index in [0.717, 1.165) is 29.8 Å². The largest absolute Gasteiger partial charge is 0.493 e. The second kappa shape index (κ2) is 6.66. The van der Waals surface area contributed by atoms with Crippen molar-refractivity contribution in [2.45, 2.75) is 13.0 Å². The molecule has 126 valence electrons. The van der Waals surface area contributed by atoms with E-state index in [1.54, 1.807) is 20.3 Å². The molecule has 0 saturated heterocycles. The molecule has 0 fully saturated rings. The molecule has 2 aromatic rings. The van der Waals surface area contributed by atoms with Crippen molar-refractivity contribution in [2.75, 3.05) is 31.4 Å². The van der Waals surface area contributed by atoms with Gasteiger partial charge in [0, 0.05) is 30.4 Å². The number of nitro groups is 1. The Kier molecular flexibility index (Phi) is 4.41. The fourth-order valence-electron chi connectivity index (χ4n) is 2.91. The van der Waals surface area contributed by atoms with E-state index in [2.05, 4.69) is 10.6 Å². The predicted molar refractivity (Wildman–Crippen MR) is 92.2 cm³/mol. The number of methoxy groups -OCH3 is 2. The standard InChI is InChI=1S/C17H19N3O4/c1-23-15-6-3-11(9-16(15)24-2)10-19-17-12-7-8-18-13(12)4-5-14(17)20(21)22/h3-6,9,18-19H,7-8,10H2,1-2H3. The zero-order chi connectivity index (χ0) is 17.1. The highest BCUT2D eigenvalue weighted by molar-refractivity contribution is 5.77. The summed E-state index contributed by atoms with van der Waals surface area (Å²) in [6.45, 7) is 1.25. The summed E-state index contributed by atoms with van der Waals surface area (Å²) >= 11 is 0. The van der Waals surface area contributed by atoms with Crippen LogP contribution in [0.2, 0.25) is 0 Å². The maximum atomic E-state index is 11.3. The number of hydrogen-bond donors (Lipinski definition) is 2. The minimum atomic E-state index is -0.352. The molecule has 2 aromatic carbocycles. The maximum Gasteiger partial charge on any atom is 0.292 e. The lowest BCUT2D eigenvalue weighted by molar-refractivity contribution is -0.384. The number of ether oxygens (including phenoxy) is 2.